The number of nitrogens with two attached hydrogens (primary N) is 1. The van der Waals surface area contributed by atoms with Crippen molar-refractivity contribution >= 4 is 11.8 Å². The number of rotatable bonds is 5. The molecule has 0 aromatic carbocycles. The van der Waals surface area contributed by atoms with Crippen LogP contribution < -0.4 is 5.73 Å². The van der Waals surface area contributed by atoms with Crippen LogP contribution >= 0.6 is 0 Å². The van der Waals surface area contributed by atoms with E-state index in [1.807, 2.05) is 6.92 Å². The fraction of sp³-hybridized carbons (Fsp3) is 0.417. The Bertz CT molecular complexity index is 559. The van der Waals surface area contributed by atoms with Crippen LogP contribution in [-0.2, 0) is 17.7 Å². The Morgan fingerprint density at radius 1 is 1.53 bits per heavy atom. The third-order valence-corrected chi connectivity index (χ3v) is 2.73. The van der Waals surface area contributed by atoms with Crippen LogP contribution in [0.3, 0.4) is 0 Å². The fourth-order valence-corrected chi connectivity index (χ4v) is 1.84. The number of aromatic amines is 1. The van der Waals surface area contributed by atoms with Gasteiger partial charge in [-0.3, -0.25) is 0 Å². The molecule has 0 fully saturated rings. The molecular formula is C12H17N5O2. The molecule has 102 valence electrons. The average Bonchev–Trinajstić information content (AvgIpc) is 3.00. The SMILES string of the molecule is CCOC(=O)c1nc(CC)n(Cc2ncc[nH]2)c1N. The standard InChI is InChI=1S/C12H17N5O2/c1-3-9-16-10(12(18)19-4-2)11(13)17(9)7-8-14-5-6-15-8/h5-6H,3-4,7,13H2,1-2H3,(H,14,15). The molecule has 0 spiro atoms. The lowest BCUT2D eigenvalue weighted by atomic mass is 10.4. The van der Waals surface area contributed by atoms with E-state index in [4.69, 9.17) is 10.5 Å². The summed E-state index contributed by atoms with van der Waals surface area (Å²) in [4.78, 5) is 23.1. The number of nitrogen functional groups attached to an aromatic ring is 1. The van der Waals surface area contributed by atoms with E-state index in [1.54, 1.807) is 23.9 Å². The predicted molar refractivity (Wildman–Crippen MR) is 69.7 cm³/mol. The highest BCUT2D eigenvalue weighted by atomic mass is 16.5. The Hall–Kier alpha value is -2.31. The van der Waals surface area contributed by atoms with Crippen LogP contribution in [0.4, 0.5) is 5.82 Å². The molecule has 0 aliphatic heterocycles. The number of carbonyl (C=O) groups is 1. The highest BCUT2D eigenvalue weighted by molar-refractivity contribution is 5.92. The summed E-state index contributed by atoms with van der Waals surface area (Å²) in [5.74, 6) is 1.31. The normalized spacial score (nSPS) is 10.6. The van der Waals surface area contributed by atoms with Crippen LogP contribution in [0.2, 0.25) is 0 Å². The van der Waals surface area contributed by atoms with Gasteiger partial charge in [0, 0.05) is 18.8 Å². The van der Waals surface area contributed by atoms with Crippen LogP contribution in [0.25, 0.3) is 0 Å². The van der Waals surface area contributed by atoms with Crippen LogP contribution in [0.1, 0.15) is 36.0 Å². The van der Waals surface area contributed by atoms with Gasteiger partial charge in [0.1, 0.15) is 17.5 Å². The van der Waals surface area contributed by atoms with Crippen molar-refractivity contribution in [3.8, 4) is 0 Å². The number of aromatic nitrogens is 4. The molecule has 0 unspecified atom stereocenters. The zero-order valence-corrected chi connectivity index (χ0v) is 11.0. The summed E-state index contributed by atoms with van der Waals surface area (Å²) in [5.41, 5.74) is 6.16. The van der Waals surface area contributed by atoms with E-state index in [0.29, 0.717) is 25.4 Å². The van der Waals surface area contributed by atoms with E-state index < -0.39 is 5.97 Å². The topological polar surface area (TPSA) is 98.8 Å². The molecule has 2 heterocycles. The summed E-state index contributed by atoms with van der Waals surface area (Å²) >= 11 is 0. The number of anilines is 1. The summed E-state index contributed by atoms with van der Waals surface area (Å²) in [5, 5.41) is 0. The first-order valence-corrected chi connectivity index (χ1v) is 6.17. The van der Waals surface area contributed by atoms with Crippen molar-refractivity contribution in [1.29, 1.82) is 0 Å². The van der Waals surface area contributed by atoms with Crippen LogP contribution in [0, 0.1) is 0 Å². The van der Waals surface area contributed by atoms with Gasteiger partial charge in [-0.15, -0.1) is 0 Å². The molecule has 0 amide bonds. The molecule has 7 nitrogen and oxygen atoms in total. The summed E-state index contributed by atoms with van der Waals surface area (Å²) in [6.45, 7) is 4.45. The number of carbonyl (C=O) groups excluding carboxylic acids is 1. The second-order valence-corrected chi connectivity index (χ2v) is 3.96. The second-order valence-electron chi connectivity index (χ2n) is 3.96. The zero-order chi connectivity index (χ0) is 13.8. The second kappa shape index (κ2) is 5.55. The number of ether oxygens (including phenoxy) is 1. The van der Waals surface area contributed by atoms with Crippen molar-refractivity contribution < 1.29 is 9.53 Å². The summed E-state index contributed by atoms with van der Waals surface area (Å²) in [6.07, 6.45) is 4.07. The molecule has 0 saturated heterocycles. The number of nitrogens with one attached hydrogen (secondary N) is 1. The highest BCUT2D eigenvalue weighted by Gasteiger charge is 2.21. The number of hydrogen-bond acceptors (Lipinski definition) is 5. The molecule has 3 N–H and O–H groups in total. The van der Waals surface area contributed by atoms with Gasteiger partial charge in [-0.2, -0.15) is 0 Å². The molecule has 0 bridgehead atoms. The largest absolute Gasteiger partial charge is 0.461 e. The van der Waals surface area contributed by atoms with Gasteiger partial charge in [-0.05, 0) is 6.92 Å². The Balaban J connectivity index is 2.34. The molecule has 0 aliphatic carbocycles. The van der Waals surface area contributed by atoms with Gasteiger partial charge in [-0.1, -0.05) is 6.92 Å². The van der Waals surface area contributed by atoms with Gasteiger partial charge in [0.2, 0.25) is 0 Å². The quantitative estimate of drug-likeness (QED) is 0.783. The minimum Gasteiger partial charge on any atom is -0.461 e. The molecule has 2 rings (SSSR count). The van der Waals surface area contributed by atoms with Gasteiger partial charge >= 0.3 is 5.97 Å². The third-order valence-electron chi connectivity index (χ3n) is 2.73. The molecule has 0 radical (unpaired) electrons. The van der Waals surface area contributed by atoms with E-state index in [1.165, 1.54) is 0 Å². The summed E-state index contributed by atoms with van der Waals surface area (Å²) < 4.78 is 6.71. The van der Waals surface area contributed by atoms with E-state index in [9.17, 15) is 4.79 Å². The lowest BCUT2D eigenvalue weighted by molar-refractivity contribution is 0.0521. The van der Waals surface area contributed by atoms with Gasteiger partial charge in [-0.25, -0.2) is 14.8 Å². The number of nitrogens with zero attached hydrogens (tertiary/aromatic N) is 3. The van der Waals surface area contributed by atoms with Crippen molar-refractivity contribution in [1.82, 2.24) is 19.5 Å². The molecule has 0 atom stereocenters. The molecule has 19 heavy (non-hydrogen) atoms. The molecule has 0 aliphatic rings. The lowest BCUT2D eigenvalue weighted by Gasteiger charge is -2.06. The van der Waals surface area contributed by atoms with Crippen molar-refractivity contribution in [2.75, 3.05) is 12.3 Å². The first-order valence-electron chi connectivity index (χ1n) is 6.17. The maximum absolute atomic E-state index is 11.7. The number of hydrogen-bond donors (Lipinski definition) is 2. The molecule has 0 saturated carbocycles. The monoisotopic (exact) mass is 263 g/mol. The van der Waals surface area contributed by atoms with Crippen LogP contribution in [0.15, 0.2) is 12.4 Å². The number of aryl methyl sites for hydroxylation is 1. The molecule has 2 aromatic heterocycles. The first kappa shape index (κ1) is 13.1. The first-order chi connectivity index (χ1) is 9.17. The predicted octanol–water partition coefficient (Wildman–Crippen LogP) is 0.976. The Kier molecular flexibility index (Phi) is 3.84. The highest BCUT2D eigenvalue weighted by Crippen LogP contribution is 2.17. The van der Waals surface area contributed by atoms with Crippen LogP contribution in [0.5, 0.6) is 0 Å². The van der Waals surface area contributed by atoms with E-state index in [2.05, 4.69) is 15.0 Å². The Morgan fingerprint density at radius 2 is 2.32 bits per heavy atom. The van der Waals surface area contributed by atoms with E-state index in [0.717, 1.165) is 11.6 Å². The van der Waals surface area contributed by atoms with Crippen molar-refractivity contribution in [2.24, 2.45) is 0 Å². The fourth-order valence-electron chi connectivity index (χ4n) is 1.84. The Morgan fingerprint density at radius 3 is 2.89 bits per heavy atom. The lowest BCUT2D eigenvalue weighted by Crippen LogP contribution is -2.11. The average molecular weight is 263 g/mol. The van der Waals surface area contributed by atoms with Gasteiger partial charge < -0.3 is 20.0 Å². The van der Waals surface area contributed by atoms with Crippen molar-refractivity contribution in [3.63, 3.8) is 0 Å². The maximum Gasteiger partial charge on any atom is 0.360 e. The van der Waals surface area contributed by atoms with E-state index in [-0.39, 0.29) is 5.69 Å². The Labute approximate surface area is 110 Å². The molecular weight excluding hydrogens is 246 g/mol. The van der Waals surface area contributed by atoms with Crippen molar-refractivity contribution in [2.45, 2.75) is 26.8 Å². The number of imidazole rings is 2. The number of esters is 1. The summed E-state index contributed by atoms with van der Waals surface area (Å²) in [7, 11) is 0. The minimum absolute atomic E-state index is 0.172. The zero-order valence-electron chi connectivity index (χ0n) is 11.0. The van der Waals surface area contributed by atoms with E-state index >= 15 is 0 Å². The number of H-pyrrole nitrogens is 1. The minimum atomic E-state index is -0.493. The van der Waals surface area contributed by atoms with Gasteiger partial charge in [0.25, 0.3) is 0 Å². The van der Waals surface area contributed by atoms with Gasteiger partial charge in [0.05, 0.1) is 13.2 Å². The van der Waals surface area contributed by atoms with Gasteiger partial charge in [0.15, 0.2) is 5.69 Å². The summed E-state index contributed by atoms with van der Waals surface area (Å²) in [6, 6.07) is 0. The van der Waals surface area contributed by atoms with Crippen molar-refractivity contribution in [3.05, 3.63) is 29.7 Å². The smallest absolute Gasteiger partial charge is 0.360 e. The van der Waals surface area contributed by atoms with Crippen LogP contribution in [-0.4, -0.2) is 32.1 Å². The molecule has 7 heteroatoms. The molecule has 2 aromatic rings. The third kappa shape index (κ3) is 2.59. The maximum atomic E-state index is 11.7.